The zero-order chi connectivity index (χ0) is 16.5. The van der Waals surface area contributed by atoms with Gasteiger partial charge in [0.2, 0.25) is 5.91 Å². The third-order valence-electron chi connectivity index (χ3n) is 3.34. The summed E-state index contributed by atoms with van der Waals surface area (Å²) in [6, 6.07) is 9.64. The monoisotopic (exact) mass is 318 g/mol. The molecule has 0 fully saturated rings. The van der Waals surface area contributed by atoms with E-state index in [1.165, 1.54) is 0 Å². The van der Waals surface area contributed by atoms with E-state index in [-0.39, 0.29) is 25.7 Å². The lowest BCUT2D eigenvalue weighted by molar-refractivity contribution is -0.132. The number of nitrogens with zero attached hydrogens (tertiary/aromatic N) is 4. The van der Waals surface area contributed by atoms with Crippen LogP contribution in [0.3, 0.4) is 0 Å². The first-order valence-electron chi connectivity index (χ1n) is 7.65. The highest BCUT2D eigenvalue weighted by molar-refractivity contribution is 5.75. The molecule has 1 heterocycles. The lowest BCUT2D eigenvalue weighted by Crippen LogP contribution is -2.36. The predicted octanol–water partition coefficient (Wildman–Crippen LogP) is 0.802. The van der Waals surface area contributed by atoms with E-state index in [0.717, 1.165) is 5.56 Å². The Morgan fingerprint density at radius 2 is 2.09 bits per heavy atom. The smallest absolute Gasteiger partial charge is 0.244 e. The van der Waals surface area contributed by atoms with Gasteiger partial charge < -0.3 is 14.7 Å². The third-order valence-corrected chi connectivity index (χ3v) is 3.34. The van der Waals surface area contributed by atoms with E-state index < -0.39 is 0 Å². The summed E-state index contributed by atoms with van der Waals surface area (Å²) >= 11 is 0. The Balaban J connectivity index is 1.90. The number of likely N-dealkylation sites (N-methyl/N-ethyl adjacent to an activating group) is 1. The molecule has 0 saturated carbocycles. The van der Waals surface area contributed by atoms with Gasteiger partial charge in [-0.25, -0.2) is 9.67 Å². The number of hydrogen-bond acceptors (Lipinski definition) is 5. The van der Waals surface area contributed by atoms with E-state index in [2.05, 4.69) is 10.1 Å². The zero-order valence-electron chi connectivity index (χ0n) is 13.3. The van der Waals surface area contributed by atoms with E-state index in [1.54, 1.807) is 15.9 Å². The standard InChI is InChI=1S/C16H22N4O3/c1-2-19(8-10-23-11-9-21)15(22)12-20-13-17-16(18-20)14-6-4-3-5-7-14/h3-7,13,21H,2,8-12H2,1H3. The molecule has 0 bridgehead atoms. The highest BCUT2D eigenvalue weighted by Gasteiger charge is 2.13. The Labute approximate surface area is 135 Å². The minimum atomic E-state index is -0.0374. The number of hydrogen-bond donors (Lipinski definition) is 1. The van der Waals surface area contributed by atoms with Crippen LogP contribution in [0.5, 0.6) is 0 Å². The van der Waals surface area contributed by atoms with Crippen molar-refractivity contribution in [2.75, 3.05) is 32.9 Å². The van der Waals surface area contributed by atoms with Crippen LogP contribution in [-0.2, 0) is 16.1 Å². The fourth-order valence-corrected chi connectivity index (χ4v) is 2.13. The summed E-state index contributed by atoms with van der Waals surface area (Å²) in [5.41, 5.74) is 0.920. The summed E-state index contributed by atoms with van der Waals surface area (Å²) in [6.07, 6.45) is 1.57. The van der Waals surface area contributed by atoms with Crippen LogP contribution in [0.15, 0.2) is 36.7 Å². The SMILES string of the molecule is CCN(CCOCCO)C(=O)Cn1cnc(-c2ccccc2)n1. The first kappa shape index (κ1) is 17.1. The highest BCUT2D eigenvalue weighted by atomic mass is 16.5. The van der Waals surface area contributed by atoms with Gasteiger partial charge in [0, 0.05) is 18.7 Å². The van der Waals surface area contributed by atoms with Crippen molar-refractivity contribution < 1.29 is 14.6 Å². The molecular weight excluding hydrogens is 296 g/mol. The lowest BCUT2D eigenvalue weighted by Gasteiger charge is -2.20. The molecule has 0 saturated heterocycles. The van der Waals surface area contributed by atoms with Crippen molar-refractivity contribution in [3.63, 3.8) is 0 Å². The van der Waals surface area contributed by atoms with E-state index in [9.17, 15) is 4.79 Å². The van der Waals surface area contributed by atoms with Gasteiger partial charge in [-0.3, -0.25) is 4.79 Å². The van der Waals surface area contributed by atoms with Crippen LogP contribution in [-0.4, -0.2) is 63.6 Å². The number of aromatic nitrogens is 3. The third kappa shape index (κ3) is 5.15. The lowest BCUT2D eigenvalue weighted by atomic mass is 10.2. The van der Waals surface area contributed by atoms with Crippen LogP contribution >= 0.6 is 0 Å². The van der Waals surface area contributed by atoms with Crippen molar-refractivity contribution in [2.45, 2.75) is 13.5 Å². The maximum atomic E-state index is 12.3. The number of aliphatic hydroxyl groups is 1. The molecule has 7 heteroatoms. The molecule has 7 nitrogen and oxygen atoms in total. The van der Waals surface area contributed by atoms with Gasteiger partial charge in [0.1, 0.15) is 12.9 Å². The van der Waals surface area contributed by atoms with Crippen LogP contribution in [0.2, 0.25) is 0 Å². The van der Waals surface area contributed by atoms with Crippen LogP contribution in [0.25, 0.3) is 11.4 Å². The molecule has 0 aliphatic rings. The van der Waals surface area contributed by atoms with Crippen LogP contribution in [0.1, 0.15) is 6.92 Å². The molecule has 2 aromatic rings. The quantitative estimate of drug-likeness (QED) is 0.692. The number of aliphatic hydroxyl groups excluding tert-OH is 1. The van der Waals surface area contributed by atoms with Gasteiger partial charge >= 0.3 is 0 Å². The maximum Gasteiger partial charge on any atom is 0.244 e. The average molecular weight is 318 g/mol. The normalized spacial score (nSPS) is 10.7. The van der Waals surface area contributed by atoms with Crippen molar-refractivity contribution in [2.24, 2.45) is 0 Å². The summed E-state index contributed by atoms with van der Waals surface area (Å²) < 4.78 is 6.74. The largest absolute Gasteiger partial charge is 0.394 e. The number of rotatable bonds is 9. The minimum absolute atomic E-state index is 0.0126. The number of benzene rings is 1. The molecule has 0 spiro atoms. The van der Waals surface area contributed by atoms with E-state index in [1.807, 2.05) is 37.3 Å². The number of amides is 1. The number of carbonyl (C=O) groups excluding carboxylic acids is 1. The Morgan fingerprint density at radius 1 is 1.30 bits per heavy atom. The van der Waals surface area contributed by atoms with Gasteiger partial charge in [0.15, 0.2) is 5.82 Å². The first-order chi connectivity index (χ1) is 11.2. The molecular formula is C16H22N4O3. The van der Waals surface area contributed by atoms with Crippen LogP contribution in [0, 0.1) is 0 Å². The van der Waals surface area contributed by atoms with Crippen molar-refractivity contribution in [3.05, 3.63) is 36.7 Å². The molecule has 0 aliphatic heterocycles. The van der Waals surface area contributed by atoms with Gasteiger partial charge in [-0.1, -0.05) is 30.3 Å². The summed E-state index contributed by atoms with van der Waals surface area (Å²) in [4.78, 5) is 18.2. The van der Waals surface area contributed by atoms with Gasteiger partial charge in [0.25, 0.3) is 0 Å². The Morgan fingerprint density at radius 3 is 2.78 bits per heavy atom. The summed E-state index contributed by atoms with van der Waals surface area (Å²) in [7, 11) is 0. The molecule has 0 atom stereocenters. The topological polar surface area (TPSA) is 80.5 Å². The fraction of sp³-hybridized carbons (Fsp3) is 0.438. The molecule has 1 amide bonds. The van der Waals surface area contributed by atoms with E-state index >= 15 is 0 Å². The highest BCUT2D eigenvalue weighted by Crippen LogP contribution is 2.12. The minimum Gasteiger partial charge on any atom is -0.394 e. The van der Waals surface area contributed by atoms with Gasteiger partial charge in [-0.15, -0.1) is 0 Å². The van der Waals surface area contributed by atoms with Gasteiger partial charge in [-0.2, -0.15) is 5.10 Å². The van der Waals surface area contributed by atoms with Gasteiger partial charge in [0.05, 0.1) is 19.8 Å². The fourth-order valence-electron chi connectivity index (χ4n) is 2.13. The second-order valence-corrected chi connectivity index (χ2v) is 4.94. The molecule has 1 aromatic carbocycles. The molecule has 23 heavy (non-hydrogen) atoms. The molecule has 1 aromatic heterocycles. The Bertz CT molecular complexity index is 600. The van der Waals surface area contributed by atoms with E-state index in [0.29, 0.717) is 25.5 Å². The second-order valence-electron chi connectivity index (χ2n) is 4.94. The second kappa shape index (κ2) is 9.02. The number of ether oxygens (including phenoxy) is 1. The molecule has 2 rings (SSSR count). The molecule has 1 N–H and O–H groups in total. The Kier molecular flexibility index (Phi) is 6.71. The Hall–Kier alpha value is -2.25. The average Bonchev–Trinajstić information content (AvgIpc) is 3.04. The van der Waals surface area contributed by atoms with Crippen molar-refractivity contribution >= 4 is 5.91 Å². The van der Waals surface area contributed by atoms with Crippen molar-refractivity contribution in [1.82, 2.24) is 19.7 Å². The summed E-state index contributed by atoms with van der Waals surface area (Å²) in [6.45, 7) is 3.84. The van der Waals surface area contributed by atoms with Crippen LogP contribution in [0.4, 0.5) is 0 Å². The molecule has 0 radical (unpaired) electrons. The maximum absolute atomic E-state index is 12.3. The number of carbonyl (C=O) groups is 1. The molecule has 124 valence electrons. The molecule has 0 aliphatic carbocycles. The predicted molar refractivity (Wildman–Crippen MR) is 85.6 cm³/mol. The summed E-state index contributed by atoms with van der Waals surface area (Å²) in [5, 5.41) is 13.0. The van der Waals surface area contributed by atoms with Crippen LogP contribution < -0.4 is 0 Å². The van der Waals surface area contributed by atoms with E-state index in [4.69, 9.17) is 9.84 Å². The zero-order valence-corrected chi connectivity index (χ0v) is 13.3. The van der Waals surface area contributed by atoms with Gasteiger partial charge in [-0.05, 0) is 6.92 Å². The summed E-state index contributed by atoms with van der Waals surface area (Å²) in [5.74, 6) is 0.567. The molecule has 0 unspecified atom stereocenters. The first-order valence-corrected chi connectivity index (χ1v) is 7.65. The van der Waals surface area contributed by atoms with Crippen molar-refractivity contribution in [1.29, 1.82) is 0 Å². The van der Waals surface area contributed by atoms with Crippen molar-refractivity contribution in [3.8, 4) is 11.4 Å².